The number of benzene rings is 1. The average molecular weight is 232 g/mol. The summed E-state index contributed by atoms with van der Waals surface area (Å²) in [4.78, 5) is 12.8. The monoisotopic (exact) mass is 232 g/mol. The maximum atomic E-state index is 11.7. The van der Waals surface area contributed by atoms with Crippen molar-refractivity contribution >= 4 is 17.3 Å². The lowest BCUT2D eigenvalue weighted by atomic mass is 10.0. The van der Waals surface area contributed by atoms with Gasteiger partial charge >= 0.3 is 5.97 Å². The van der Waals surface area contributed by atoms with Gasteiger partial charge in [-0.1, -0.05) is 18.2 Å². The summed E-state index contributed by atoms with van der Waals surface area (Å²) in [5, 5.41) is 2.00. The zero-order valence-electron chi connectivity index (χ0n) is 9.19. The minimum atomic E-state index is -0.285. The van der Waals surface area contributed by atoms with Crippen molar-refractivity contribution in [1.29, 1.82) is 0 Å². The summed E-state index contributed by atoms with van der Waals surface area (Å²) >= 11 is 1.62. The SMILES string of the molecule is COC(=O)c1cccc(C)c1-c1cccs1. The molecule has 2 nitrogen and oxygen atoms in total. The predicted octanol–water partition coefficient (Wildman–Crippen LogP) is 3.51. The fraction of sp³-hybridized carbons (Fsp3) is 0.154. The Morgan fingerprint density at radius 3 is 2.69 bits per heavy atom. The van der Waals surface area contributed by atoms with Crippen LogP contribution in [0.15, 0.2) is 35.7 Å². The number of thiophene rings is 1. The fourth-order valence-electron chi connectivity index (χ4n) is 1.70. The van der Waals surface area contributed by atoms with Crippen molar-refractivity contribution in [2.45, 2.75) is 6.92 Å². The van der Waals surface area contributed by atoms with E-state index in [1.54, 1.807) is 17.4 Å². The van der Waals surface area contributed by atoms with Gasteiger partial charge in [0.1, 0.15) is 0 Å². The predicted molar refractivity (Wildman–Crippen MR) is 65.8 cm³/mol. The smallest absolute Gasteiger partial charge is 0.338 e. The summed E-state index contributed by atoms with van der Waals surface area (Å²) in [7, 11) is 1.41. The molecule has 3 heteroatoms. The van der Waals surface area contributed by atoms with Crippen LogP contribution < -0.4 is 0 Å². The van der Waals surface area contributed by atoms with E-state index < -0.39 is 0 Å². The standard InChI is InChI=1S/C13H12O2S/c1-9-5-3-6-10(13(14)15-2)12(9)11-7-4-8-16-11/h3-8H,1-2H3. The Hall–Kier alpha value is -1.61. The molecule has 0 amide bonds. The summed E-state index contributed by atoms with van der Waals surface area (Å²) in [5.74, 6) is -0.285. The molecule has 0 aliphatic heterocycles. The number of carbonyl (C=O) groups excluding carboxylic acids is 1. The maximum Gasteiger partial charge on any atom is 0.338 e. The van der Waals surface area contributed by atoms with Gasteiger partial charge in [-0.2, -0.15) is 0 Å². The number of esters is 1. The van der Waals surface area contributed by atoms with Gasteiger partial charge < -0.3 is 4.74 Å². The lowest BCUT2D eigenvalue weighted by molar-refractivity contribution is 0.0601. The van der Waals surface area contributed by atoms with Gasteiger partial charge in [-0.05, 0) is 30.0 Å². The maximum absolute atomic E-state index is 11.7. The molecule has 0 aliphatic rings. The molecule has 2 aromatic rings. The first kappa shape index (κ1) is 10.9. The van der Waals surface area contributed by atoms with Crippen LogP contribution in [0.5, 0.6) is 0 Å². The van der Waals surface area contributed by atoms with Crippen LogP contribution in [-0.4, -0.2) is 13.1 Å². The second-order valence-corrected chi connectivity index (χ2v) is 4.41. The molecule has 0 fully saturated rings. The van der Waals surface area contributed by atoms with Gasteiger partial charge in [-0.25, -0.2) is 4.79 Å². The van der Waals surface area contributed by atoms with Gasteiger partial charge in [0.15, 0.2) is 0 Å². The van der Waals surface area contributed by atoms with Gasteiger partial charge in [-0.3, -0.25) is 0 Å². The summed E-state index contributed by atoms with van der Waals surface area (Å²) < 4.78 is 4.80. The zero-order chi connectivity index (χ0) is 11.5. The van der Waals surface area contributed by atoms with E-state index in [-0.39, 0.29) is 5.97 Å². The van der Waals surface area contributed by atoms with Crippen LogP contribution in [0.3, 0.4) is 0 Å². The molecular weight excluding hydrogens is 220 g/mol. The lowest BCUT2D eigenvalue weighted by Crippen LogP contribution is -2.04. The molecule has 1 aromatic carbocycles. The van der Waals surface area contributed by atoms with Crippen molar-refractivity contribution < 1.29 is 9.53 Å². The van der Waals surface area contributed by atoms with Crippen LogP contribution in [0.4, 0.5) is 0 Å². The van der Waals surface area contributed by atoms with E-state index >= 15 is 0 Å². The molecule has 0 saturated heterocycles. The highest BCUT2D eigenvalue weighted by molar-refractivity contribution is 7.13. The molecule has 2 rings (SSSR count). The van der Waals surface area contributed by atoms with Crippen LogP contribution in [0, 0.1) is 6.92 Å². The van der Waals surface area contributed by atoms with Crippen LogP contribution in [-0.2, 0) is 4.74 Å². The van der Waals surface area contributed by atoms with E-state index in [2.05, 4.69) is 0 Å². The first-order valence-corrected chi connectivity index (χ1v) is 5.84. The highest BCUT2D eigenvalue weighted by Crippen LogP contribution is 2.31. The molecule has 0 bridgehead atoms. The van der Waals surface area contributed by atoms with E-state index in [0.717, 1.165) is 16.0 Å². The number of aryl methyl sites for hydroxylation is 1. The topological polar surface area (TPSA) is 26.3 Å². The molecule has 0 atom stereocenters. The third-order valence-electron chi connectivity index (χ3n) is 2.45. The number of ether oxygens (including phenoxy) is 1. The molecule has 16 heavy (non-hydrogen) atoms. The van der Waals surface area contributed by atoms with Crippen LogP contribution in [0.2, 0.25) is 0 Å². The van der Waals surface area contributed by atoms with Gasteiger partial charge in [0, 0.05) is 10.4 Å². The second kappa shape index (κ2) is 4.49. The highest BCUT2D eigenvalue weighted by atomic mass is 32.1. The number of hydrogen-bond acceptors (Lipinski definition) is 3. The van der Waals surface area contributed by atoms with Crippen LogP contribution >= 0.6 is 11.3 Å². The summed E-state index contributed by atoms with van der Waals surface area (Å²) in [5.41, 5.74) is 2.69. The Morgan fingerprint density at radius 2 is 2.06 bits per heavy atom. The van der Waals surface area contributed by atoms with Gasteiger partial charge in [-0.15, -0.1) is 11.3 Å². The minimum Gasteiger partial charge on any atom is -0.465 e. The van der Waals surface area contributed by atoms with E-state index in [9.17, 15) is 4.79 Å². The Labute approximate surface area is 98.5 Å². The summed E-state index contributed by atoms with van der Waals surface area (Å²) in [6.07, 6.45) is 0. The third kappa shape index (κ3) is 1.86. The minimum absolute atomic E-state index is 0.285. The van der Waals surface area contributed by atoms with Crippen molar-refractivity contribution in [3.05, 3.63) is 46.8 Å². The normalized spacial score (nSPS) is 10.1. The Bertz CT molecular complexity index is 501. The van der Waals surface area contributed by atoms with E-state index in [4.69, 9.17) is 4.74 Å². The zero-order valence-corrected chi connectivity index (χ0v) is 10.0. The second-order valence-electron chi connectivity index (χ2n) is 3.47. The van der Waals surface area contributed by atoms with Crippen LogP contribution in [0.25, 0.3) is 10.4 Å². The van der Waals surface area contributed by atoms with Gasteiger partial charge in [0.05, 0.1) is 12.7 Å². The first-order valence-electron chi connectivity index (χ1n) is 4.96. The molecular formula is C13H12O2S. The highest BCUT2D eigenvalue weighted by Gasteiger charge is 2.15. The largest absolute Gasteiger partial charge is 0.465 e. The number of rotatable bonds is 2. The Balaban J connectivity index is 2.62. The molecule has 0 radical (unpaired) electrons. The number of hydrogen-bond donors (Lipinski definition) is 0. The molecule has 0 aliphatic carbocycles. The van der Waals surface area contributed by atoms with Crippen molar-refractivity contribution in [3.63, 3.8) is 0 Å². The quantitative estimate of drug-likeness (QED) is 0.741. The van der Waals surface area contributed by atoms with E-state index in [0.29, 0.717) is 5.56 Å². The molecule has 0 unspecified atom stereocenters. The van der Waals surface area contributed by atoms with Crippen molar-refractivity contribution in [1.82, 2.24) is 0 Å². The third-order valence-corrected chi connectivity index (χ3v) is 3.33. The fourth-order valence-corrected chi connectivity index (χ4v) is 2.55. The van der Waals surface area contributed by atoms with Crippen molar-refractivity contribution in [2.75, 3.05) is 7.11 Å². The van der Waals surface area contributed by atoms with Gasteiger partial charge in [0.25, 0.3) is 0 Å². The molecule has 82 valence electrons. The van der Waals surface area contributed by atoms with E-state index in [1.165, 1.54) is 7.11 Å². The van der Waals surface area contributed by atoms with Crippen molar-refractivity contribution in [3.8, 4) is 10.4 Å². The number of carbonyl (C=O) groups is 1. The molecule has 0 N–H and O–H groups in total. The summed E-state index contributed by atoms with van der Waals surface area (Å²) in [6, 6.07) is 9.67. The molecule has 0 saturated carbocycles. The van der Waals surface area contributed by atoms with Crippen molar-refractivity contribution in [2.24, 2.45) is 0 Å². The molecule has 0 spiro atoms. The molecule has 1 aromatic heterocycles. The molecule has 1 heterocycles. The lowest BCUT2D eigenvalue weighted by Gasteiger charge is -2.09. The first-order chi connectivity index (χ1) is 7.74. The Kier molecular flexibility index (Phi) is 3.06. The van der Waals surface area contributed by atoms with Gasteiger partial charge in [0.2, 0.25) is 0 Å². The Morgan fingerprint density at radius 1 is 1.25 bits per heavy atom. The average Bonchev–Trinajstić information content (AvgIpc) is 2.81. The summed E-state index contributed by atoms with van der Waals surface area (Å²) in [6.45, 7) is 2.00. The number of methoxy groups -OCH3 is 1. The van der Waals surface area contributed by atoms with E-state index in [1.807, 2.05) is 36.6 Å². The van der Waals surface area contributed by atoms with Crippen LogP contribution in [0.1, 0.15) is 15.9 Å².